The van der Waals surface area contributed by atoms with Crippen LogP contribution >= 0.6 is 0 Å². The van der Waals surface area contributed by atoms with Gasteiger partial charge in [0.05, 0.1) is 33.0 Å². The van der Waals surface area contributed by atoms with Gasteiger partial charge in [0.2, 0.25) is 11.8 Å². The topological polar surface area (TPSA) is 155 Å². The molecule has 1 heterocycles. The largest absolute Gasteiger partial charge is 0.508 e. The van der Waals surface area contributed by atoms with Crippen molar-refractivity contribution >= 4 is 29.3 Å². The molecule has 0 saturated heterocycles. The number of carbonyl (C=O) groups is 2. The summed E-state index contributed by atoms with van der Waals surface area (Å²) < 4.78 is 17.6. The zero-order valence-corrected chi connectivity index (χ0v) is 29.1. The lowest BCUT2D eigenvalue weighted by molar-refractivity contribution is 0.0512. The molecule has 0 atom stereocenters. The van der Waals surface area contributed by atoms with E-state index in [1.807, 2.05) is 55.5 Å². The third kappa shape index (κ3) is 12.1. The minimum absolute atomic E-state index is 0.132. The van der Waals surface area contributed by atoms with Gasteiger partial charge in [0.1, 0.15) is 17.3 Å². The molecule has 12 heteroatoms. The number of carbonyl (C=O) groups excluding carboxylic acids is 2. The van der Waals surface area contributed by atoms with E-state index in [1.54, 1.807) is 60.7 Å². The van der Waals surface area contributed by atoms with Gasteiger partial charge in [-0.15, -0.1) is 0 Å². The van der Waals surface area contributed by atoms with Crippen molar-refractivity contribution in [2.24, 2.45) is 9.98 Å². The molecule has 4 aromatic rings. The Bertz CT molecular complexity index is 1830. The van der Waals surface area contributed by atoms with Gasteiger partial charge in [-0.2, -0.15) is 4.99 Å². The van der Waals surface area contributed by atoms with Crippen molar-refractivity contribution < 1.29 is 28.9 Å². The van der Waals surface area contributed by atoms with E-state index >= 15 is 0 Å². The number of amides is 2. The van der Waals surface area contributed by atoms with Gasteiger partial charge < -0.3 is 40.6 Å². The molecule has 0 unspecified atom stereocenters. The first-order valence-corrected chi connectivity index (χ1v) is 17.2. The molecule has 5 N–H and O–H groups in total. The van der Waals surface area contributed by atoms with Crippen LogP contribution in [0.1, 0.15) is 46.0 Å². The van der Waals surface area contributed by atoms with Crippen LogP contribution in [0.3, 0.4) is 0 Å². The van der Waals surface area contributed by atoms with Crippen LogP contribution in [0.25, 0.3) is 0 Å². The van der Waals surface area contributed by atoms with Crippen molar-refractivity contribution in [1.29, 1.82) is 0 Å². The summed E-state index contributed by atoms with van der Waals surface area (Å²) >= 11 is 0. The standard InChI is InChI=1S/C40H44N6O6/c1-2-30-27-36(41-21-23-50-25-26-51-24-22-42-37(48)31-11-7-4-8-12-31)45-40(44-33-15-17-34(47)18-16-33)46-39(30)52-35-19-13-32(14-20-35)38(49)43-28-29-9-5-3-6-10-29/h3-20,47H,2,21-28H2,1H3,(H,42,48)(H,43,49)(H2,41,44,45,46). The lowest BCUT2D eigenvalue weighted by Gasteiger charge is -2.12. The van der Waals surface area contributed by atoms with Crippen LogP contribution in [-0.4, -0.2) is 68.2 Å². The van der Waals surface area contributed by atoms with Crippen LogP contribution in [0, 0.1) is 0 Å². The molecule has 12 nitrogen and oxygen atoms in total. The number of nitrogens with zero attached hydrogens (tertiary/aromatic N) is 2. The average Bonchev–Trinajstić information content (AvgIpc) is 3.34. The highest BCUT2D eigenvalue weighted by Gasteiger charge is 2.19. The van der Waals surface area contributed by atoms with Crippen LogP contribution in [0.2, 0.25) is 0 Å². The third-order valence-electron chi connectivity index (χ3n) is 7.82. The van der Waals surface area contributed by atoms with Crippen molar-refractivity contribution in [3.63, 3.8) is 0 Å². The summed E-state index contributed by atoms with van der Waals surface area (Å²) in [4.78, 5) is 34.4. The van der Waals surface area contributed by atoms with E-state index in [2.05, 4.69) is 21.3 Å². The lowest BCUT2D eigenvalue weighted by atomic mass is 10.1. The summed E-state index contributed by atoms with van der Waals surface area (Å²) in [6.07, 6.45) is 1.12. The molecule has 1 aliphatic rings. The summed E-state index contributed by atoms with van der Waals surface area (Å²) in [6, 6.07) is 32.4. The van der Waals surface area contributed by atoms with E-state index in [1.165, 1.54) is 0 Å². The number of nitrogens with one attached hydrogen (secondary N) is 4. The number of phenols is 1. The number of aromatic hydroxyl groups is 1. The van der Waals surface area contributed by atoms with Gasteiger partial charge in [0.25, 0.3) is 11.8 Å². The van der Waals surface area contributed by atoms with Crippen LogP contribution in [0.4, 0.5) is 5.69 Å². The fraction of sp³-hybridized carbons (Fsp3) is 0.250. The number of hydrogen-bond acceptors (Lipinski definition) is 9. The van der Waals surface area contributed by atoms with Crippen LogP contribution < -0.4 is 26.0 Å². The lowest BCUT2D eigenvalue weighted by Crippen LogP contribution is -2.35. The summed E-state index contributed by atoms with van der Waals surface area (Å²) in [5.74, 6) is 1.86. The minimum Gasteiger partial charge on any atom is -0.508 e. The molecular weight excluding hydrogens is 660 g/mol. The number of rotatable bonds is 17. The number of hydrogen-bond donors (Lipinski definition) is 5. The fourth-order valence-electron chi connectivity index (χ4n) is 5.04. The van der Waals surface area contributed by atoms with Gasteiger partial charge in [-0.1, -0.05) is 55.5 Å². The SMILES string of the molecule is CCC1=C(Oc2ccc(C(=O)NCc3ccccc3)cc2)N=C(Nc2ccc(O)cc2)NC(=NCCOCCOCCNC(=O)c2ccccc2)C1. The van der Waals surface area contributed by atoms with Crippen LogP contribution in [0.5, 0.6) is 11.5 Å². The Hall–Kier alpha value is -5.98. The second-order valence-corrected chi connectivity index (χ2v) is 11.7. The molecule has 0 aliphatic carbocycles. The molecular formula is C40H44N6O6. The Morgan fingerprint density at radius 3 is 2.15 bits per heavy atom. The van der Waals surface area contributed by atoms with Crippen molar-refractivity contribution in [3.05, 3.63) is 137 Å². The highest BCUT2D eigenvalue weighted by Crippen LogP contribution is 2.24. The molecule has 1 aliphatic heterocycles. The molecule has 0 aromatic heterocycles. The molecule has 0 fully saturated rings. The maximum absolute atomic E-state index is 12.7. The van der Waals surface area contributed by atoms with Gasteiger partial charge in [0, 0.05) is 36.3 Å². The maximum atomic E-state index is 12.7. The smallest absolute Gasteiger partial charge is 0.251 e. The Kier molecular flexibility index (Phi) is 14.3. The number of benzene rings is 4. The second kappa shape index (κ2) is 20.0. The predicted octanol–water partition coefficient (Wildman–Crippen LogP) is 5.65. The fourth-order valence-corrected chi connectivity index (χ4v) is 5.04. The van der Waals surface area contributed by atoms with Crippen LogP contribution in [0.15, 0.2) is 131 Å². The van der Waals surface area contributed by atoms with Gasteiger partial charge in [-0.25, -0.2) is 0 Å². The van der Waals surface area contributed by atoms with Crippen molar-refractivity contribution in [2.45, 2.75) is 26.3 Å². The molecule has 0 bridgehead atoms. The maximum Gasteiger partial charge on any atom is 0.251 e. The van der Waals surface area contributed by atoms with E-state index in [9.17, 15) is 14.7 Å². The monoisotopic (exact) mass is 704 g/mol. The molecule has 2 amide bonds. The van der Waals surface area contributed by atoms with E-state index in [-0.39, 0.29) is 17.6 Å². The number of ether oxygens (including phenoxy) is 3. The minimum atomic E-state index is -0.178. The van der Waals surface area contributed by atoms with Crippen LogP contribution in [-0.2, 0) is 16.0 Å². The molecule has 5 rings (SSSR count). The zero-order chi connectivity index (χ0) is 36.4. The molecule has 52 heavy (non-hydrogen) atoms. The normalized spacial score (nSPS) is 13.5. The van der Waals surface area contributed by atoms with E-state index in [0.717, 1.165) is 11.1 Å². The zero-order valence-electron chi connectivity index (χ0n) is 29.1. The van der Waals surface area contributed by atoms with Gasteiger partial charge in [-0.3, -0.25) is 14.6 Å². The van der Waals surface area contributed by atoms with Crippen molar-refractivity contribution in [3.8, 4) is 11.5 Å². The molecule has 0 radical (unpaired) electrons. The Morgan fingerprint density at radius 1 is 0.788 bits per heavy atom. The number of phenolic OH excluding ortho intramolecular Hbond substituents is 1. The Labute approximate surface area is 303 Å². The summed E-state index contributed by atoms with van der Waals surface area (Å²) in [7, 11) is 0. The summed E-state index contributed by atoms with van der Waals surface area (Å²) in [5.41, 5.74) is 3.78. The number of amidine groups is 1. The highest BCUT2D eigenvalue weighted by atomic mass is 16.5. The van der Waals surface area contributed by atoms with Gasteiger partial charge >= 0.3 is 0 Å². The summed E-state index contributed by atoms with van der Waals surface area (Å²) in [6.45, 7) is 4.84. The first-order valence-electron chi connectivity index (χ1n) is 17.2. The molecule has 0 saturated carbocycles. The quantitative estimate of drug-likeness (QED) is 0.0699. The van der Waals surface area contributed by atoms with E-state index < -0.39 is 0 Å². The molecule has 4 aromatic carbocycles. The second-order valence-electron chi connectivity index (χ2n) is 11.7. The number of aliphatic imine (C=N–C) groups is 2. The predicted molar refractivity (Wildman–Crippen MR) is 202 cm³/mol. The van der Waals surface area contributed by atoms with Crippen molar-refractivity contribution in [1.82, 2.24) is 16.0 Å². The van der Waals surface area contributed by atoms with E-state index in [0.29, 0.717) is 99.1 Å². The Balaban J connectivity index is 1.14. The summed E-state index contributed by atoms with van der Waals surface area (Å²) in [5, 5.41) is 22.1. The molecule has 270 valence electrons. The first kappa shape index (κ1) is 37.3. The first-order chi connectivity index (χ1) is 25.5. The average molecular weight is 705 g/mol. The highest BCUT2D eigenvalue weighted by molar-refractivity contribution is 6.07. The van der Waals surface area contributed by atoms with Gasteiger partial charge in [0.15, 0.2) is 0 Å². The molecule has 0 spiro atoms. The van der Waals surface area contributed by atoms with E-state index in [4.69, 9.17) is 24.2 Å². The van der Waals surface area contributed by atoms with Crippen molar-refractivity contribution in [2.75, 3.05) is 44.8 Å². The Morgan fingerprint density at radius 2 is 1.44 bits per heavy atom. The third-order valence-corrected chi connectivity index (χ3v) is 7.82. The number of guanidine groups is 1. The van der Waals surface area contributed by atoms with Gasteiger partial charge in [-0.05, 0) is 78.2 Å². The number of anilines is 1.